The average Bonchev–Trinajstić information content (AvgIpc) is 3.55. The first kappa shape index (κ1) is 24.1. The maximum Gasteiger partial charge on any atom is 0.134 e. The van der Waals surface area contributed by atoms with Gasteiger partial charge < -0.3 is 20.8 Å². The molecule has 6 rings (SSSR count). The Balaban J connectivity index is 1.01. The average molecular weight is 543 g/mol. The standard InChI is InChI=1S/C29H23FN4O2S2/c30-19(15-31-20-5-1-17(2-6-20)28-33-24-11-9-22(35)13-26(24)37-28)16-32-21-7-3-18(4-8-21)29-34-25-12-10-23(36)14-27(25)38-29/h1-14,19,31-32,35-36H,15-16H2. The summed E-state index contributed by atoms with van der Waals surface area (Å²) < 4.78 is 16.4. The van der Waals surface area contributed by atoms with Crippen LogP contribution < -0.4 is 10.6 Å². The van der Waals surface area contributed by atoms with Crippen molar-refractivity contribution in [2.75, 3.05) is 23.7 Å². The van der Waals surface area contributed by atoms with Crippen molar-refractivity contribution in [3.05, 3.63) is 84.9 Å². The lowest BCUT2D eigenvalue weighted by molar-refractivity contribution is 0.365. The highest BCUT2D eigenvalue weighted by molar-refractivity contribution is 7.22. The molecule has 0 aliphatic carbocycles. The first-order chi connectivity index (χ1) is 18.5. The number of phenolic OH excluding ortho intramolecular Hbond substituents is 2. The molecule has 0 amide bonds. The predicted octanol–water partition coefficient (Wildman–Crippen LogP) is 7.51. The summed E-state index contributed by atoms with van der Waals surface area (Å²) in [5, 5.41) is 27.4. The fourth-order valence-electron chi connectivity index (χ4n) is 4.06. The van der Waals surface area contributed by atoms with Crippen LogP contribution in [-0.4, -0.2) is 39.4 Å². The molecule has 2 heterocycles. The Kier molecular flexibility index (Phi) is 6.53. The van der Waals surface area contributed by atoms with Crippen LogP contribution in [0.4, 0.5) is 15.8 Å². The second kappa shape index (κ2) is 10.3. The Morgan fingerprint density at radius 2 is 1.05 bits per heavy atom. The number of fused-ring (bicyclic) bond motifs is 2. The van der Waals surface area contributed by atoms with E-state index in [9.17, 15) is 14.6 Å². The molecule has 6 nitrogen and oxygen atoms in total. The molecule has 190 valence electrons. The molecule has 0 saturated heterocycles. The van der Waals surface area contributed by atoms with E-state index in [4.69, 9.17) is 0 Å². The van der Waals surface area contributed by atoms with E-state index < -0.39 is 6.17 Å². The summed E-state index contributed by atoms with van der Waals surface area (Å²) in [7, 11) is 0. The lowest BCUT2D eigenvalue weighted by Crippen LogP contribution is -2.23. The second-order valence-electron chi connectivity index (χ2n) is 8.86. The Bertz CT molecular complexity index is 1590. The molecule has 0 aliphatic rings. The topological polar surface area (TPSA) is 90.3 Å². The number of hydrogen-bond acceptors (Lipinski definition) is 8. The quantitative estimate of drug-likeness (QED) is 0.159. The van der Waals surface area contributed by atoms with Crippen molar-refractivity contribution in [1.82, 2.24) is 9.97 Å². The van der Waals surface area contributed by atoms with E-state index in [0.717, 1.165) is 53.0 Å². The van der Waals surface area contributed by atoms with Crippen LogP contribution in [0.1, 0.15) is 0 Å². The van der Waals surface area contributed by atoms with Gasteiger partial charge in [-0.25, -0.2) is 14.4 Å². The van der Waals surface area contributed by atoms with Crippen LogP contribution in [0.25, 0.3) is 41.6 Å². The second-order valence-corrected chi connectivity index (χ2v) is 10.9. The third-order valence-corrected chi connectivity index (χ3v) is 8.20. The molecule has 2 aromatic heterocycles. The summed E-state index contributed by atoms with van der Waals surface area (Å²) in [6.07, 6.45) is -1.08. The zero-order chi connectivity index (χ0) is 26.1. The third kappa shape index (κ3) is 5.25. The zero-order valence-corrected chi connectivity index (χ0v) is 21.7. The van der Waals surface area contributed by atoms with Crippen LogP contribution in [-0.2, 0) is 0 Å². The number of thiazole rings is 2. The van der Waals surface area contributed by atoms with Gasteiger partial charge in [0.25, 0.3) is 0 Å². The number of nitrogens with one attached hydrogen (secondary N) is 2. The Hall–Kier alpha value is -4.21. The minimum Gasteiger partial charge on any atom is -0.508 e. The first-order valence-corrected chi connectivity index (χ1v) is 13.7. The summed E-state index contributed by atoms with van der Waals surface area (Å²) in [5.41, 5.74) is 5.33. The van der Waals surface area contributed by atoms with E-state index in [2.05, 4.69) is 20.6 Å². The van der Waals surface area contributed by atoms with E-state index in [1.165, 1.54) is 22.7 Å². The summed E-state index contributed by atoms with van der Waals surface area (Å²) in [6.45, 7) is 0.368. The van der Waals surface area contributed by atoms with Crippen LogP contribution in [0.3, 0.4) is 0 Å². The normalized spacial score (nSPS) is 11.4. The number of aromatic nitrogens is 2. The molecule has 0 aliphatic heterocycles. The number of benzene rings is 4. The Labute approximate surface area is 226 Å². The number of aromatic hydroxyl groups is 2. The largest absolute Gasteiger partial charge is 0.508 e. The Morgan fingerprint density at radius 3 is 1.47 bits per heavy atom. The third-order valence-electron chi connectivity index (χ3n) is 6.06. The molecule has 4 aromatic carbocycles. The number of nitrogens with zero attached hydrogens (tertiary/aromatic N) is 2. The molecular weight excluding hydrogens is 519 g/mol. The van der Waals surface area contributed by atoms with Gasteiger partial charge in [-0.05, 0) is 84.9 Å². The molecule has 4 N–H and O–H groups in total. The lowest BCUT2D eigenvalue weighted by atomic mass is 10.2. The molecule has 0 bridgehead atoms. The van der Waals surface area contributed by atoms with Gasteiger partial charge in [-0.2, -0.15) is 0 Å². The van der Waals surface area contributed by atoms with Crippen molar-refractivity contribution in [2.24, 2.45) is 0 Å². The van der Waals surface area contributed by atoms with Gasteiger partial charge in [0.05, 0.1) is 20.4 Å². The molecule has 0 radical (unpaired) electrons. The van der Waals surface area contributed by atoms with E-state index in [0.29, 0.717) is 0 Å². The van der Waals surface area contributed by atoms with Crippen LogP contribution in [0.5, 0.6) is 11.5 Å². The molecule has 38 heavy (non-hydrogen) atoms. The smallest absolute Gasteiger partial charge is 0.134 e. The van der Waals surface area contributed by atoms with Crippen LogP contribution >= 0.6 is 22.7 Å². The number of rotatable bonds is 8. The molecule has 6 aromatic rings. The van der Waals surface area contributed by atoms with Crippen molar-refractivity contribution < 1.29 is 14.6 Å². The summed E-state index contributed by atoms with van der Waals surface area (Å²) in [6, 6.07) is 25.8. The molecule has 0 spiro atoms. The van der Waals surface area contributed by atoms with Gasteiger partial charge in [-0.1, -0.05) is 0 Å². The van der Waals surface area contributed by atoms with E-state index in [1.54, 1.807) is 36.4 Å². The monoisotopic (exact) mass is 542 g/mol. The fraction of sp³-hybridized carbons (Fsp3) is 0.103. The number of phenols is 2. The summed E-state index contributed by atoms with van der Waals surface area (Å²) in [4.78, 5) is 9.25. The SMILES string of the molecule is Oc1ccc2nc(-c3ccc(NCC(F)CNc4ccc(-c5nc6ccc(O)cc6s5)cc4)cc3)sc2c1. The Morgan fingerprint density at radius 1 is 0.632 bits per heavy atom. The summed E-state index contributed by atoms with van der Waals surface area (Å²) >= 11 is 3.04. The van der Waals surface area contributed by atoms with Gasteiger partial charge in [-0.3, -0.25) is 0 Å². The van der Waals surface area contributed by atoms with E-state index >= 15 is 0 Å². The van der Waals surface area contributed by atoms with Gasteiger partial charge >= 0.3 is 0 Å². The highest BCUT2D eigenvalue weighted by Gasteiger charge is 2.10. The van der Waals surface area contributed by atoms with Crippen LogP contribution in [0.2, 0.25) is 0 Å². The van der Waals surface area contributed by atoms with Gasteiger partial charge in [0.1, 0.15) is 27.7 Å². The van der Waals surface area contributed by atoms with Gasteiger partial charge in [0.2, 0.25) is 0 Å². The lowest BCUT2D eigenvalue weighted by Gasteiger charge is -2.13. The number of hydrogen-bond donors (Lipinski definition) is 4. The van der Waals surface area contributed by atoms with Crippen molar-refractivity contribution in [1.29, 1.82) is 0 Å². The molecule has 9 heteroatoms. The maximum atomic E-state index is 14.6. The van der Waals surface area contributed by atoms with Crippen LogP contribution in [0, 0.1) is 0 Å². The highest BCUT2D eigenvalue weighted by Crippen LogP contribution is 2.33. The molecule has 0 saturated carbocycles. The predicted molar refractivity (Wildman–Crippen MR) is 155 cm³/mol. The highest BCUT2D eigenvalue weighted by atomic mass is 32.1. The fourth-order valence-corrected chi connectivity index (χ4v) is 6.07. The number of alkyl halides is 1. The van der Waals surface area contributed by atoms with E-state index in [1.807, 2.05) is 48.5 Å². The van der Waals surface area contributed by atoms with E-state index in [-0.39, 0.29) is 24.6 Å². The minimum absolute atomic E-state index is 0.184. The van der Waals surface area contributed by atoms with Crippen molar-refractivity contribution >= 4 is 54.5 Å². The van der Waals surface area contributed by atoms with Crippen molar-refractivity contribution in [3.63, 3.8) is 0 Å². The molecular formula is C29H23FN4O2S2. The molecule has 0 fully saturated rings. The minimum atomic E-state index is -1.08. The molecule has 0 unspecified atom stereocenters. The maximum absolute atomic E-state index is 14.6. The number of halogens is 1. The van der Waals surface area contributed by atoms with Gasteiger partial charge in [0.15, 0.2) is 0 Å². The van der Waals surface area contributed by atoms with Crippen LogP contribution in [0.15, 0.2) is 84.9 Å². The number of anilines is 2. The zero-order valence-electron chi connectivity index (χ0n) is 20.1. The van der Waals surface area contributed by atoms with Gasteiger partial charge in [0, 0.05) is 35.6 Å². The summed E-state index contributed by atoms with van der Waals surface area (Å²) in [5.74, 6) is 0.457. The first-order valence-electron chi connectivity index (χ1n) is 12.0. The van der Waals surface area contributed by atoms with Crippen molar-refractivity contribution in [2.45, 2.75) is 6.17 Å². The molecule has 0 atom stereocenters. The van der Waals surface area contributed by atoms with Crippen molar-refractivity contribution in [3.8, 4) is 32.6 Å². The van der Waals surface area contributed by atoms with Gasteiger partial charge in [-0.15, -0.1) is 22.7 Å².